The molecular formula is C47H87N13O15S2Si2. The monoisotopic (exact) mass is 1190 g/mol. The maximum Gasteiger partial charge on any atom is 0.491 e. The molecule has 3 heterocycles. The van der Waals surface area contributed by atoms with Crippen LogP contribution < -0.4 is 38.1 Å². The van der Waals surface area contributed by atoms with Gasteiger partial charge in [-0.2, -0.15) is 0 Å². The molecule has 11 N–H and O–H groups in total. The number of nitrogens with one attached hydrogen (secondary N) is 5. The molecule has 0 bridgehead atoms. The first-order valence-electron chi connectivity index (χ1n) is 26.5. The summed E-state index contributed by atoms with van der Waals surface area (Å²) in [5, 5.41) is 38.7. The fraction of sp³-hybridized carbons (Fsp3) is 0.702. The largest absolute Gasteiger partial charge is 0.491 e. The number of aromatic nitrogens is 6. The first-order valence-corrected chi connectivity index (χ1v) is 32.0. The number of rotatable bonds is 46. The number of nitrogens with zero attached hydrogens (tertiary/aromatic N) is 6. The molecule has 0 aromatic carbocycles. The van der Waals surface area contributed by atoms with Crippen LogP contribution in [0.1, 0.15) is 71.6 Å². The average molecular weight is 1190 g/mol. The van der Waals surface area contributed by atoms with Crippen LogP contribution in [0.4, 0.5) is 0 Å². The standard InChI is InChI=1S/C38H61N11O11S2.C9H26N2O4Si2/c1-29(34(50)42-10-3-18-47-21-13-39-26-47)6-7-32(37(53)44-12-5-20-49-23-15-41-28-49)33(38(54)46-17-25-62-60-58-56)9-8-31(30(2)35(51)45-16-24-61-59-57-55)36(52)43-11-4-19-48-22-14-40-27-48;1-12-16(8-4-6-10)15-17(13-2,14-3)9-5-7-11/h13-15,21-23,26-33,55-56H,3-12,16-20,24-25H2,1-2H3,(H,42,50)(H,43,52)(H,44,53)(H,45,51)(H,46,54);16H,4-11H2,1-3H3. The minimum absolute atomic E-state index is 0.0411. The normalized spacial score (nSPS) is 13.7. The summed E-state index contributed by atoms with van der Waals surface area (Å²) in [5.74, 6) is -5.56. The van der Waals surface area contributed by atoms with E-state index in [9.17, 15) is 24.0 Å². The first kappa shape index (κ1) is 70.7. The molecule has 0 spiro atoms. The van der Waals surface area contributed by atoms with Gasteiger partial charge < -0.3 is 69.1 Å². The molecule has 6 unspecified atom stereocenters. The Morgan fingerprint density at radius 1 is 0.582 bits per heavy atom. The van der Waals surface area contributed by atoms with Crippen LogP contribution in [0.3, 0.4) is 0 Å². The van der Waals surface area contributed by atoms with E-state index in [-0.39, 0.29) is 68.0 Å². The molecule has 0 saturated carbocycles. The van der Waals surface area contributed by atoms with Gasteiger partial charge >= 0.3 is 18.1 Å². The zero-order valence-corrected chi connectivity index (χ0v) is 50.1. The summed E-state index contributed by atoms with van der Waals surface area (Å²) in [6.07, 6.45) is 19.7. The van der Waals surface area contributed by atoms with Crippen LogP contribution in [0.2, 0.25) is 12.1 Å². The molecule has 0 fully saturated rings. The van der Waals surface area contributed by atoms with E-state index >= 15 is 0 Å². The quantitative estimate of drug-likeness (QED) is 0.0128. The predicted octanol–water partition coefficient (Wildman–Crippen LogP) is 2.05. The van der Waals surface area contributed by atoms with Crippen LogP contribution >= 0.6 is 24.1 Å². The van der Waals surface area contributed by atoms with Crippen molar-refractivity contribution in [2.45, 2.75) is 103 Å². The van der Waals surface area contributed by atoms with E-state index in [0.717, 1.165) is 49.0 Å². The summed E-state index contributed by atoms with van der Waals surface area (Å²) in [6, 6.07) is 1.60. The maximum absolute atomic E-state index is 14.2. The smallest absolute Gasteiger partial charge is 0.400 e. The molecular weight excluding hydrogens is 1110 g/mol. The Labute approximate surface area is 474 Å². The zero-order chi connectivity index (χ0) is 57.9. The van der Waals surface area contributed by atoms with Crippen LogP contribution in [0.5, 0.6) is 0 Å². The highest BCUT2D eigenvalue weighted by Gasteiger charge is 2.41. The number of imidazole rings is 3. The Balaban J connectivity index is 0.00000107. The number of hydrogen-bond acceptors (Lipinski definition) is 22. The van der Waals surface area contributed by atoms with Crippen molar-refractivity contribution < 1.29 is 70.6 Å². The lowest BCUT2D eigenvalue weighted by Crippen LogP contribution is -2.49. The van der Waals surface area contributed by atoms with Crippen molar-refractivity contribution in [3.63, 3.8) is 0 Å². The summed E-state index contributed by atoms with van der Waals surface area (Å²) in [5.41, 5.74) is 11.0. The van der Waals surface area contributed by atoms with Crippen molar-refractivity contribution in [2.24, 2.45) is 41.1 Å². The van der Waals surface area contributed by atoms with Crippen molar-refractivity contribution in [2.75, 3.05) is 78.6 Å². The van der Waals surface area contributed by atoms with E-state index in [2.05, 4.69) is 60.3 Å². The minimum Gasteiger partial charge on any atom is -0.400 e. The second-order valence-electron chi connectivity index (χ2n) is 18.2. The lowest BCUT2D eigenvalue weighted by molar-refractivity contribution is -0.432. The molecule has 0 radical (unpaired) electrons. The Bertz CT molecular complexity index is 2030. The van der Waals surface area contributed by atoms with E-state index < -0.39 is 59.5 Å². The molecule has 0 aliphatic rings. The van der Waals surface area contributed by atoms with Gasteiger partial charge in [-0.3, -0.25) is 24.0 Å². The molecule has 79 heavy (non-hydrogen) atoms. The summed E-state index contributed by atoms with van der Waals surface area (Å²) >= 11 is 1.53. The number of carbonyl (C=O) groups is 5. The molecule has 0 saturated heterocycles. The highest BCUT2D eigenvalue weighted by molar-refractivity contribution is 7.94. The Kier molecular flexibility index (Phi) is 39.7. The first-order chi connectivity index (χ1) is 38.3. The fourth-order valence-corrected chi connectivity index (χ4v) is 14.5. The van der Waals surface area contributed by atoms with Crippen molar-refractivity contribution in [3.05, 3.63) is 56.2 Å². The van der Waals surface area contributed by atoms with Gasteiger partial charge in [-0.25, -0.2) is 25.5 Å². The Morgan fingerprint density at radius 2 is 1.00 bits per heavy atom. The Hall–Kier alpha value is -4.37. The van der Waals surface area contributed by atoms with Gasteiger partial charge in [0.25, 0.3) is 0 Å². The van der Waals surface area contributed by atoms with Crippen molar-refractivity contribution >= 4 is 71.7 Å². The van der Waals surface area contributed by atoms with E-state index in [1.54, 1.807) is 72.7 Å². The third kappa shape index (κ3) is 30.3. The zero-order valence-electron chi connectivity index (χ0n) is 46.3. The molecule has 450 valence electrons. The third-order valence-corrected chi connectivity index (χ3v) is 19.8. The number of amides is 5. The highest BCUT2D eigenvalue weighted by atomic mass is 32.2. The average Bonchev–Trinajstić information content (AvgIpc) is 4.31. The number of hydrogen-bond donors (Lipinski definition) is 9. The lowest BCUT2D eigenvalue weighted by Gasteiger charge is -2.30. The van der Waals surface area contributed by atoms with Gasteiger partial charge in [-0.1, -0.05) is 23.9 Å². The van der Waals surface area contributed by atoms with E-state index in [0.29, 0.717) is 71.6 Å². The molecule has 0 aliphatic heterocycles. The molecule has 32 heteroatoms. The topological polar surface area (TPSA) is 365 Å². The van der Waals surface area contributed by atoms with Gasteiger partial charge in [-0.05, 0) is 76.9 Å². The van der Waals surface area contributed by atoms with Crippen LogP contribution in [0.25, 0.3) is 0 Å². The number of carbonyl (C=O) groups excluding carboxylic acids is 5. The second-order valence-corrected chi connectivity index (χ2v) is 25.3. The predicted molar refractivity (Wildman–Crippen MR) is 299 cm³/mol. The van der Waals surface area contributed by atoms with E-state index in [1.165, 1.54) is 0 Å². The maximum atomic E-state index is 14.2. The molecule has 5 amide bonds. The summed E-state index contributed by atoms with van der Waals surface area (Å²) in [6.45, 7) is 7.83. The molecule has 3 aromatic heterocycles. The Morgan fingerprint density at radius 3 is 1.42 bits per heavy atom. The third-order valence-electron chi connectivity index (χ3n) is 12.7. The van der Waals surface area contributed by atoms with Gasteiger partial charge in [-0.15, -0.1) is 8.67 Å². The number of aryl methyl sites for hydroxylation is 3. The van der Waals surface area contributed by atoms with Crippen LogP contribution in [0, 0.1) is 29.6 Å². The van der Waals surface area contributed by atoms with Crippen LogP contribution in [-0.4, -0.2) is 165 Å². The van der Waals surface area contributed by atoms with Crippen LogP contribution in [-0.2, 0) is 79.7 Å². The van der Waals surface area contributed by atoms with Crippen molar-refractivity contribution in [3.8, 4) is 0 Å². The van der Waals surface area contributed by atoms with Gasteiger partial charge in [0.05, 0.1) is 19.0 Å². The lowest BCUT2D eigenvalue weighted by atomic mass is 9.78. The highest BCUT2D eigenvalue weighted by Crippen LogP contribution is 2.30. The van der Waals surface area contributed by atoms with Gasteiger partial charge in [0, 0.05) is 182 Å². The summed E-state index contributed by atoms with van der Waals surface area (Å²) in [4.78, 5) is 81.0. The molecule has 28 nitrogen and oxygen atoms in total. The van der Waals surface area contributed by atoms with Gasteiger partial charge in [0.2, 0.25) is 29.5 Å². The van der Waals surface area contributed by atoms with Gasteiger partial charge in [0.1, 0.15) is 0 Å². The van der Waals surface area contributed by atoms with Crippen molar-refractivity contribution in [1.29, 1.82) is 0 Å². The second kappa shape index (κ2) is 44.3. The van der Waals surface area contributed by atoms with Crippen molar-refractivity contribution in [1.82, 2.24) is 55.2 Å². The molecule has 6 atom stereocenters. The van der Waals surface area contributed by atoms with Crippen LogP contribution in [0.15, 0.2) is 56.2 Å². The molecule has 3 rings (SSSR count). The van der Waals surface area contributed by atoms with Gasteiger partial charge in [0.15, 0.2) is 0 Å². The SMILES string of the molecule is CC(CCC(C(=O)NCCCn1ccnc1)C(CCC(C(=O)NCCCn1ccnc1)C(C)C(=O)NCCSOOO)C(=O)NCCSOOO)C(=O)NCCCn1ccnc1.CO[SiH](CCCN)O[Si](CCCN)(OC)OC. The summed E-state index contributed by atoms with van der Waals surface area (Å²) < 4.78 is 36.8. The summed E-state index contributed by atoms with van der Waals surface area (Å²) in [7, 11) is 0.585. The number of nitrogens with two attached hydrogens (primary N) is 2. The minimum atomic E-state index is -2.58. The van der Waals surface area contributed by atoms with E-state index in [1.807, 2.05) is 32.3 Å². The fourth-order valence-electron chi connectivity index (χ4n) is 8.16. The molecule has 0 aliphatic carbocycles. The van der Waals surface area contributed by atoms with E-state index in [4.69, 9.17) is 39.4 Å². The molecule has 3 aromatic rings.